The molecule has 1 aliphatic heterocycles. The Bertz CT molecular complexity index is 883. The van der Waals surface area contributed by atoms with E-state index in [0.717, 1.165) is 12.1 Å². The molecule has 2 heterocycles. The van der Waals surface area contributed by atoms with Gasteiger partial charge < -0.3 is 19.7 Å². The summed E-state index contributed by atoms with van der Waals surface area (Å²) in [5, 5.41) is 2.69. The lowest BCUT2D eigenvalue weighted by Crippen LogP contribution is -2.42. The number of ether oxygens (including phenoxy) is 2. The number of alkyl halides is 3. The van der Waals surface area contributed by atoms with Crippen LogP contribution in [0.2, 0.25) is 0 Å². The molecule has 0 saturated carbocycles. The normalized spacial score (nSPS) is 14.4. The molecule has 0 spiro atoms. The van der Waals surface area contributed by atoms with Crippen LogP contribution in [0.15, 0.2) is 42.6 Å². The second-order valence-corrected chi connectivity index (χ2v) is 6.17. The predicted molar refractivity (Wildman–Crippen MR) is 96.6 cm³/mol. The molecule has 3 rings (SSSR count). The third-order valence-corrected chi connectivity index (χ3v) is 4.17. The maximum absolute atomic E-state index is 12.9. The Morgan fingerprint density at radius 3 is 2.66 bits per heavy atom. The Kier molecular flexibility index (Phi) is 6.32. The number of nitrogens with zero attached hydrogens (tertiary/aromatic N) is 2. The van der Waals surface area contributed by atoms with Gasteiger partial charge in [-0.1, -0.05) is 6.07 Å². The Hall–Kier alpha value is -3.14. The molecule has 10 heteroatoms. The minimum absolute atomic E-state index is 0.000288. The van der Waals surface area contributed by atoms with Crippen LogP contribution in [0.5, 0.6) is 0 Å². The van der Waals surface area contributed by atoms with Gasteiger partial charge in [-0.3, -0.25) is 4.79 Å². The minimum Gasteiger partial charge on any atom is -0.452 e. The van der Waals surface area contributed by atoms with Gasteiger partial charge in [0.25, 0.3) is 5.91 Å². The summed E-state index contributed by atoms with van der Waals surface area (Å²) in [5.41, 5.74) is -0.727. The standard InChI is InChI=1S/C19H18F3N3O4/c20-19(21,22)13-3-1-4-14(11-13)24-17-15(5-2-6-23-17)18(27)29-12-16(26)25-7-9-28-10-8-25/h1-6,11H,7-10,12H2,(H,23,24). The van der Waals surface area contributed by atoms with Gasteiger partial charge in [-0.25, -0.2) is 9.78 Å². The number of morpholine rings is 1. The molecule has 1 N–H and O–H groups in total. The first-order chi connectivity index (χ1) is 13.8. The summed E-state index contributed by atoms with van der Waals surface area (Å²) >= 11 is 0. The fourth-order valence-electron chi connectivity index (χ4n) is 2.69. The van der Waals surface area contributed by atoms with Gasteiger partial charge in [-0.05, 0) is 30.3 Å². The molecule has 0 unspecified atom stereocenters. The van der Waals surface area contributed by atoms with E-state index in [-0.39, 0.29) is 23.0 Å². The van der Waals surface area contributed by atoms with Crippen LogP contribution in [0, 0.1) is 0 Å². The maximum Gasteiger partial charge on any atom is 0.416 e. The zero-order valence-electron chi connectivity index (χ0n) is 15.2. The fourth-order valence-corrected chi connectivity index (χ4v) is 2.69. The largest absolute Gasteiger partial charge is 0.452 e. The van der Waals surface area contributed by atoms with E-state index in [1.54, 1.807) is 0 Å². The topological polar surface area (TPSA) is 80.8 Å². The van der Waals surface area contributed by atoms with Crippen molar-refractivity contribution in [3.05, 3.63) is 53.7 Å². The number of esters is 1. The number of carbonyl (C=O) groups is 2. The highest BCUT2D eigenvalue weighted by atomic mass is 19.4. The number of nitrogens with one attached hydrogen (secondary N) is 1. The molecule has 0 atom stereocenters. The molecule has 1 saturated heterocycles. The van der Waals surface area contributed by atoms with Gasteiger partial charge >= 0.3 is 12.1 Å². The number of benzene rings is 1. The fraction of sp³-hybridized carbons (Fsp3) is 0.316. The molecule has 1 aromatic carbocycles. The van der Waals surface area contributed by atoms with Crippen LogP contribution >= 0.6 is 0 Å². The summed E-state index contributed by atoms with van der Waals surface area (Å²) in [6.45, 7) is 1.24. The monoisotopic (exact) mass is 409 g/mol. The molecule has 0 radical (unpaired) electrons. The van der Waals surface area contributed by atoms with Gasteiger partial charge in [-0.15, -0.1) is 0 Å². The zero-order chi connectivity index (χ0) is 20.9. The van der Waals surface area contributed by atoms with Crippen LogP contribution in [0.25, 0.3) is 0 Å². The molecule has 1 aromatic heterocycles. The van der Waals surface area contributed by atoms with Crippen LogP contribution in [-0.4, -0.2) is 54.7 Å². The molecular formula is C19H18F3N3O4. The van der Waals surface area contributed by atoms with Gasteiger partial charge in [0.2, 0.25) is 0 Å². The summed E-state index contributed by atoms with van der Waals surface area (Å²) in [7, 11) is 0. The highest BCUT2D eigenvalue weighted by molar-refractivity contribution is 5.96. The van der Waals surface area contributed by atoms with E-state index in [4.69, 9.17) is 9.47 Å². The Labute approximate surface area is 164 Å². The first-order valence-electron chi connectivity index (χ1n) is 8.76. The van der Waals surface area contributed by atoms with Crippen molar-refractivity contribution in [1.29, 1.82) is 0 Å². The van der Waals surface area contributed by atoms with Crippen molar-refractivity contribution in [3.63, 3.8) is 0 Å². The molecule has 7 nitrogen and oxygen atoms in total. The number of hydrogen-bond acceptors (Lipinski definition) is 6. The van der Waals surface area contributed by atoms with Crippen molar-refractivity contribution in [2.75, 3.05) is 38.2 Å². The molecule has 1 fully saturated rings. The summed E-state index contributed by atoms with van der Waals surface area (Å²) in [6, 6.07) is 7.40. The van der Waals surface area contributed by atoms with Gasteiger partial charge in [0.05, 0.1) is 18.8 Å². The number of anilines is 2. The maximum atomic E-state index is 12.9. The summed E-state index contributed by atoms with van der Waals surface area (Å²) in [4.78, 5) is 30.0. The van der Waals surface area contributed by atoms with Gasteiger partial charge in [0.15, 0.2) is 6.61 Å². The average Bonchev–Trinajstić information content (AvgIpc) is 2.72. The number of rotatable bonds is 5. The first kappa shape index (κ1) is 20.6. The molecule has 1 aliphatic rings. The summed E-state index contributed by atoms with van der Waals surface area (Å²) < 4.78 is 48.9. The van der Waals surface area contributed by atoms with E-state index in [1.807, 2.05) is 0 Å². The average molecular weight is 409 g/mol. The van der Waals surface area contributed by atoms with Gasteiger partial charge in [0, 0.05) is 25.0 Å². The van der Waals surface area contributed by atoms with Crippen molar-refractivity contribution in [1.82, 2.24) is 9.88 Å². The van der Waals surface area contributed by atoms with E-state index in [0.29, 0.717) is 26.3 Å². The van der Waals surface area contributed by atoms with E-state index < -0.39 is 24.3 Å². The van der Waals surface area contributed by atoms with Crippen molar-refractivity contribution in [2.45, 2.75) is 6.18 Å². The number of aromatic nitrogens is 1. The van der Waals surface area contributed by atoms with Crippen molar-refractivity contribution >= 4 is 23.4 Å². The lowest BCUT2D eigenvalue weighted by atomic mass is 10.2. The number of hydrogen-bond donors (Lipinski definition) is 1. The molecule has 1 amide bonds. The van der Waals surface area contributed by atoms with Crippen molar-refractivity contribution < 1.29 is 32.2 Å². The van der Waals surface area contributed by atoms with E-state index in [2.05, 4.69) is 10.3 Å². The minimum atomic E-state index is -4.50. The van der Waals surface area contributed by atoms with E-state index in [1.165, 1.54) is 35.4 Å². The van der Waals surface area contributed by atoms with Crippen LogP contribution in [0.3, 0.4) is 0 Å². The van der Waals surface area contributed by atoms with Crippen LogP contribution < -0.4 is 5.32 Å². The second-order valence-electron chi connectivity index (χ2n) is 6.17. The predicted octanol–water partition coefficient (Wildman–Crippen LogP) is 2.86. The van der Waals surface area contributed by atoms with Crippen LogP contribution in [0.1, 0.15) is 15.9 Å². The molecule has 154 valence electrons. The first-order valence-corrected chi connectivity index (χ1v) is 8.76. The molecule has 0 aliphatic carbocycles. The molecule has 29 heavy (non-hydrogen) atoms. The lowest BCUT2D eigenvalue weighted by molar-refractivity contribution is -0.138. The van der Waals surface area contributed by atoms with Crippen LogP contribution in [0.4, 0.5) is 24.7 Å². The van der Waals surface area contributed by atoms with E-state index >= 15 is 0 Å². The van der Waals surface area contributed by atoms with Gasteiger partial charge in [0.1, 0.15) is 11.4 Å². The second kappa shape index (κ2) is 8.91. The van der Waals surface area contributed by atoms with E-state index in [9.17, 15) is 22.8 Å². The quantitative estimate of drug-likeness (QED) is 0.765. The number of amides is 1. The molecule has 0 bridgehead atoms. The Balaban J connectivity index is 1.68. The number of carbonyl (C=O) groups excluding carboxylic acids is 2. The van der Waals surface area contributed by atoms with Crippen molar-refractivity contribution in [3.8, 4) is 0 Å². The Morgan fingerprint density at radius 1 is 1.17 bits per heavy atom. The van der Waals surface area contributed by atoms with Crippen molar-refractivity contribution in [2.24, 2.45) is 0 Å². The lowest BCUT2D eigenvalue weighted by Gasteiger charge is -2.26. The highest BCUT2D eigenvalue weighted by Crippen LogP contribution is 2.31. The summed E-state index contributed by atoms with van der Waals surface area (Å²) in [5.74, 6) is -1.14. The molecular weight excluding hydrogens is 391 g/mol. The molecule has 2 aromatic rings. The zero-order valence-corrected chi connectivity index (χ0v) is 15.2. The SMILES string of the molecule is O=C(OCC(=O)N1CCOCC1)c1cccnc1Nc1cccc(C(F)(F)F)c1. The number of halogens is 3. The third kappa shape index (κ3) is 5.44. The number of pyridine rings is 1. The summed E-state index contributed by atoms with van der Waals surface area (Å²) in [6.07, 6.45) is -3.12. The Morgan fingerprint density at radius 2 is 1.93 bits per heavy atom. The third-order valence-electron chi connectivity index (χ3n) is 4.17. The smallest absolute Gasteiger partial charge is 0.416 e. The van der Waals surface area contributed by atoms with Gasteiger partial charge in [-0.2, -0.15) is 13.2 Å². The highest BCUT2D eigenvalue weighted by Gasteiger charge is 2.30. The van der Waals surface area contributed by atoms with Crippen LogP contribution in [-0.2, 0) is 20.4 Å².